The molecule has 44 heavy (non-hydrogen) atoms. The first-order valence-corrected chi connectivity index (χ1v) is 13.6. The van der Waals surface area contributed by atoms with Crippen molar-refractivity contribution in [1.82, 2.24) is 15.0 Å². The smallest absolute Gasteiger partial charge is 0.489 e. The van der Waals surface area contributed by atoms with Crippen LogP contribution < -0.4 is 10.5 Å². The molecule has 226 valence electrons. The van der Waals surface area contributed by atoms with Crippen LogP contribution in [0.15, 0.2) is 95.5 Å². The number of halogens is 3. The lowest BCUT2D eigenvalue weighted by Crippen LogP contribution is -2.35. The molecule has 6 rings (SSSR count). The van der Waals surface area contributed by atoms with E-state index < -0.39 is 12.1 Å². The minimum absolute atomic E-state index is 0.0372. The standard InChI is InChI=1S/C30H27N5O2.C2HF3O2/c31-30(32)35-16-4-7-27(35)29-33-28(34-37-29)25-13-12-24-18-26(15-14-23(24)17-25)36-19-20-8-10-22(11-9-20)21-5-2-1-3-6-21;3-2(4,5)1(6)7/h1-3,5-6,8-15,17-18,27H,4,7,16,19H2,(H3,31,32);(H,6,7)/t27-;/m0./s1. The number of aliphatic carboxylic acids is 1. The number of nitrogens with zero attached hydrogens (tertiary/aromatic N) is 3. The SMILES string of the molecule is N=C(N)N1CCC[C@H]1c1nc(-c2ccc3cc(OCc4ccc(-c5ccccc5)cc4)ccc3c2)no1.O=C(O)C(F)(F)F. The van der Waals surface area contributed by atoms with Crippen molar-refractivity contribution in [2.45, 2.75) is 31.7 Å². The third-order valence-electron chi connectivity index (χ3n) is 7.07. The molecule has 0 aliphatic carbocycles. The summed E-state index contributed by atoms with van der Waals surface area (Å²) in [6, 6.07) is 30.8. The van der Waals surface area contributed by atoms with Gasteiger partial charge in [-0.05, 0) is 58.5 Å². The van der Waals surface area contributed by atoms with Gasteiger partial charge in [-0.15, -0.1) is 0 Å². The fraction of sp³-hybridized carbons (Fsp3) is 0.188. The Morgan fingerprint density at radius 2 is 1.61 bits per heavy atom. The number of nitrogens with two attached hydrogens (primary N) is 1. The van der Waals surface area contributed by atoms with Crippen LogP contribution in [0.2, 0.25) is 0 Å². The van der Waals surface area contributed by atoms with Crippen molar-refractivity contribution in [1.29, 1.82) is 5.41 Å². The summed E-state index contributed by atoms with van der Waals surface area (Å²) in [5.74, 6) is -0.864. The summed E-state index contributed by atoms with van der Waals surface area (Å²) in [4.78, 5) is 15.3. The number of rotatable bonds is 6. The van der Waals surface area contributed by atoms with Gasteiger partial charge in [0.15, 0.2) is 5.96 Å². The molecule has 0 radical (unpaired) electrons. The van der Waals surface area contributed by atoms with Crippen molar-refractivity contribution in [2.24, 2.45) is 5.73 Å². The first-order valence-electron chi connectivity index (χ1n) is 13.6. The molecule has 0 bridgehead atoms. The Kier molecular flexibility index (Phi) is 8.79. The predicted molar refractivity (Wildman–Crippen MR) is 158 cm³/mol. The lowest BCUT2D eigenvalue weighted by molar-refractivity contribution is -0.192. The summed E-state index contributed by atoms with van der Waals surface area (Å²) >= 11 is 0. The molecule has 0 saturated carbocycles. The number of alkyl halides is 3. The number of guanidine groups is 1. The number of likely N-dealkylation sites (tertiary alicyclic amines) is 1. The second-order valence-electron chi connectivity index (χ2n) is 10.1. The number of carboxylic acids is 1. The number of hydrogen-bond donors (Lipinski definition) is 3. The first kappa shape index (κ1) is 30.1. The van der Waals surface area contributed by atoms with E-state index in [9.17, 15) is 13.2 Å². The summed E-state index contributed by atoms with van der Waals surface area (Å²) in [5, 5.41) is 21.2. The Bertz CT molecular complexity index is 1760. The Morgan fingerprint density at radius 3 is 2.30 bits per heavy atom. The van der Waals surface area contributed by atoms with E-state index in [1.54, 1.807) is 4.90 Å². The molecule has 1 aliphatic heterocycles. The van der Waals surface area contributed by atoms with Crippen molar-refractivity contribution in [3.63, 3.8) is 0 Å². The molecule has 4 aromatic carbocycles. The van der Waals surface area contributed by atoms with Gasteiger partial charge < -0.3 is 25.0 Å². The fourth-order valence-corrected chi connectivity index (χ4v) is 4.84. The van der Waals surface area contributed by atoms with Gasteiger partial charge in [0.1, 0.15) is 18.4 Å². The molecule has 1 atom stereocenters. The van der Waals surface area contributed by atoms with Crippen molar-refractivity contribution in [3.05, 3.63) is 102 Å². The van der Waals surface area contributed by atoms with E-state index in [-0.39, 0.29) is 12.0 Å². The molecule has 1 aliphatic rings. The Morgan fingerprint density at radius 1 is 0.977 bits per heavy atom. The number of ether oxygens (including phenoxy) is 1. The van der Waals surface area contributed by atoms with Crippen molar-refractivity contribution in [2.75, 3.05) is 6.54 Å². The number of aromatic nitrogens is 2. The number of fused-ring (bicyclic) bond motifs is 1. The zero-order valence-electron chi connectivity index (χ0n) is 23.3. The quantitative estimate of drug-likeness (QED) is 0.142. The summed E-state index contributed by atoms with van der Waals surface area (Å²) in [6.45, 7) is 1.24. The van der Waals surface area contributed by atoms with Crippen molar-refractivity contribution >= 4 is 22.7 Å². The van der Waals surface area contributed by atoms with Gasteiger partial charge in [-0.1, -0.05) is 78.0 Å². The highest BCUT2D eigenvalue weighted by Gasteiger charge is 2.38. The number of hydrogen-bond acceptors (Lipinski definition) is 6. The Hall–Kier alpha value is -5.39. The van der Waals surface area contributed by atoms with E-state index in [0.717, 1.165) is 47.0 Å². The highest BCUT2D eigenvalue weighted by molar-refractivity contribution is 5.87. The third kappa shape index (κ3) is 7.14. The van der Waals surface area contributed by atoms with Gasteiger partial charge in [-0.3, -0.25) is 5.41 Å². The van der Waals surface area contributed by atoms with Gasteiger partial charge in [0, 0.05) is 12.1 Å². The van der Waals surface area contributed by atoms with Crippen molar-refractivity contribution in [3.8, 4) is 28.3 Å². The fourth-order valence-electron chi connectivity index (χ4n) is 4.84. The maximum atomic E-state index is 10.6. The number of nitrogens with one attached hydrogen (secondary N) is 1. The van der Waals surface area contributed by atoms with Gasteiger partial charge in [-0.2, -0.15) is 18.2 Å². The number of carbonyl (C=O) groups is 1. The molecule has 1 fully saturated rings. The van der Waals surface area contributed by atoms with E-state index >= 15 is 0 Å². The van der Waals surface area contributed by atoms with E-state index in [1.807, 2.05) is 54.6 Å². The highest BCUT2D eigenvalue weighted by atomic mass is 19.4. The molecule has 9 nitrogen and oxygen atoms in total. The van der Waals surface area contributed by atoms with Gasteiger partial charge in [0.05, 0.1) is 0 Å². The van der Waals surface area contributed by atoms with Crippen LogP contribution in [0.3, 0.4) is 0 Å². The Labute approximate surface area is 250 Å². The van der Waals surface area contributed by atoms with Crippen LogP contribution in [0.1, 0.15) is 30.3 Å². The molecule has 1 aromatic heterocycles. The lowest BCUT2D eigenvalue weighted by Gasteiger charge is -2.21. The summed E-state index contributed by atoms with van der Waals surface area (Å²) in [5.41, 5.74) is 10.1. The van der Waals surface area contributed by atoms with Crippen LogP contribution in [-0.2, 0) is 11.4 Å². The zero-order valence-corrected chi connectivity index (χ0v) is 23.3. The minimum Gasteiger partial charge on any atom is -0.489 e. The molecular weight excluding hydrogens is 575 g/mol. The van der Waals surface area contributed by atoms with Crippen LogP contribution in [0.5, 0.6) is 5.75 Å². The second-order valence-corrected chi connectivity index (χ2v) is 10.1. The van der Waals surface area contributed by atoms with Gasteiger partial charge in [-0.25, -0.2) is 4.79 Å². The zero-order chi connectivity index (χ0) is 31.3. The average molecular weight is 604 g/mol. The molecule has 0 unspecified atom stereocenters. The van der Waals surface area contributed by atoms with E-state index in [2.05, 4.69) is 46.5 Å². The minimum atomic E-state index is -5.08. The lowest BCUT2D eigenvalue weighted by atomic mass is 10.0. The molecule has 12 heteroatoms. The predicted octanol–water partition coefficient (Wildman–Crippen LogP) is 6.80. The van der Waals surface area contributed by atoms with Crippen LogP contribution >= 0.6 is 0 Å². The second kappa shape index (κ2) is 12.9. The highest BCUT2D eigenvalue weighted by Crippen LogP contribution is 2.32. The maximum absolute atomic E-state index is 10.6. The molecule has 1 saturated heterocycles. The van der Waals surface area contributed by atoms with Crippen LogP contribution in [0, 0.1) is 5.41 Å². The van der Waals surface area contributed by atoms with Gasteiger partial charge >= 0.3 is 12.1 Å². The van der Waals surface area contributed by atoms with Crippen LogP contribution in [0.25, 0.3) is 33.3 Å². The van der Waals surface area contributed by atoms with E-state index in [1.165, 1.54) is 11.1 Å². The Balaban J connectivity index is 0.000000493. The molecule has 0 spiro atoms. The van der Waals surface area contributed by atoms with Gasteiger partial charge in [0.25, 0.3) is 0 Å². The summed E-state index contributed by atoms with van der Waals surface area (Å²) in [7, 11) is 0. The van der Waals surface area contributed by atoms with Crippen molar-refractivity contribution < 1.29 is 32.3 Å². The topological polar surface area (TPSA) is 139 Å². The molecule has 2 heterocycles. The normalized spacial score (nSPS) is 14.6. The number of carboxylic acid groups (broad SMARTS) is 1. The van der Waals surface area contributed by atoms with E-state index in [4.69, 9.17) is 30.3 Å². The largest absolute Gasteiger partial charge is 0.490 e. The molecule has 4 N–H and O–H groups in total. The maximum Gasteiger partial charge on any atom is 0.490 e. The monoisotopic (exact) mass is 603 g/mol. The molecule has 0 amide bonds. The summed E-state index contributed by atoms with van der Waals surface area (Å²) < 4.78 is 43.4. The average Bonchev–Trinajstić information content (AvgIpc) is 3.71. The van der Waals surface area contributed by atoms with Gasteiger partial charge in [0.2, 0.25) is 11.7 Å². The first-order chi connectivity index (χ1) is 21.1. The van der Waals surface area contributed by atoms with Crippen LogP contribution in [0.4, 0.5) is 13.2 Å². The third-order valence-corrected chi connectivity index (χ3v) is 7.07. The number of benzene rings is 4. The molecular formula is C32H28F3N5O4. The van der Waals surface area contributed by atoms with E-state index in [0.29, 0.717) is 18.3 Å². The van der Waals surface area contributed by atoms with Crippen LogP contribution in [-0.4, -0.2) is 44.8 Å². The molecule has 5 aromatic rings. The summed E-state index contributed by atoms with van der Waals surface area (Å²) in [6.07, 6.45) is -3.29.